The van der Waals surface area contributed by atoms with Gasteiger partial charge in [0.05, 0.1) is 19.5 Å². The molecule has 132 valence electrons. The Morgan fingerprint density at radius 1 is 1.22 bits per heavy atom. The van der Waals surface area contributed by atoms with Crippen LogP contribution in [0.5, 0.6) is 5.75 Å². The zero-order valence-electron chi connectivity index (χ0n) is 12.2. The molecule has 0 unspecified atom stereocenters. The molecule has 0 saturated carbocycles. The van der Waals surface area contributed by atoms with Gasteiger partial charge in [-0.05, 0) is 24.3 Å². The summed E-state index contributed by atoms with van der Waals surface area (Å²) >= 11 is 0. The van der Waals surface area contributed by atoms with E-state index in [4.69, 9.17) is 14.5 Å². The second-order valence-corrected chi connectivity index (χ2v) is 5.53. The van der Waals surface area contributed by atoms with Crippen molar-refractivity contribution in [1.29, 1.82) is 0 Å². The highest BCUT2D eigenvalue weighted by molar-refractivity contribution is 7.85. The van der Waals surface area contributed by atoms with Crippen molar-refractivity contribution in [3.05, 3.63) is 29.8 Å². The Morgan fingerprint density at radius 2 is 1.74 bits per heavy atom. The lowest BCUT2D eigenvalue weighted by Gasteiger charge is -2.08. The second kappa shape index (κ2) is 9.33. The van der Waals surface area contributed by atoms with Crippen LogP contribution in [-0.4, -0.2) is 56.6 Å². The molecule has 1 rings (SSSR count). The first-order valence-corrected chi connectivity index (χ1v) is 7.53. The molecule has 0 spiro atoms. The number of nitrogens with zero attached hydrogens (tertiary/aromatic N) is 1. The van der Waals surface area contributed by atoms with Gasteiger partial charge < -0.3 is 14.7 Å². The first-order chi connectivity index (χ1) is 10.5. The van der Waals surface area contributed by atoms with Crippen LogP contribution in [0.25, 0.3) is 0 Å². The van der Waals surface area contributed by atoms with E-state index in [0.717, 1.165) is 0 Å². The van der Waals surface area contributed by atoms with E-state index in [0.29, 0.717) is 5.75 Å². The molecule has 0 aliphatic rings. The number of benzene rings is 1. The number of rotatable bonds is 5. The van der Waals surface area contributed by atoms with Crippen LogP contribution in [0.15, 0.2) is 29.4 Å². The maximum absolute atomic E-state index is 12.3. The van der Waals surface area contributed by atoms with Gasteiger partial charge in [-0.25, -0.2) is 0 Å². The van der Waals surface area contributed by atoms with Gasteiger partial charge in [0.1, 0.15) is 5.75 Å². The van der Waals surface area contributed by atoms with E-state index in [-0.39, 0.29) is 17.9 Å². The van der Waals surface area contributed by atoms with E-state index in [1.54, 1.807) is 0 Å². The number of hydrogen-bond acceptors (Lipinski definition) is 6. The van der Waals surface area contributed by atoms with E-state index in [1.165, 1.54) is 38.5 Å². The molecular weight excluding hydrogens is 343 g/mol. The smallest absolute Gasteiger partial charge is 0.437 e. The average Bonchev–Trinajstić information content (AvgIpc) is 2.45. The van der Waals surface area contributed by atoms with Crippen molar-refractivity contribution in [2.75, 3.05) is 26.6 Å². The van der Waals surface area contributed by atoms with Gasteiger partial charge in [-0.2, -0.15) is 21.6 Å². The predicted molar refractivity (Wildman–Crippen MR) is 75.7 cm³/mol. The predicted octanol–water partition coefficient (Wildman–Crippen LogP) is 1.96. The normalized spacial score (nSPS) is 12.3. The maximum Gasteiger partial charge on any atom is 0.437 e. The lowest BCUT2D eigenvalue weighted by molar-refractivity contribution is -0.0601. The highest BCUT2D eigenvalue weighted by atomic mass is 32.2. The molecule has 0 fully saturated rings. The molecule has 0 radical (unpaired) electrons. The summed E-state index contributed by atoms with van der Waals surface area (Å²) in [6.07, 6.45) is -4.68. The molecule has 0 aromatic heterocycles. The number of methoxy groups -OCH3 is 2. The highest BCUT2D eigenvalue weighted by Crippen LogP contribution is 2.23. The Balaban J connectivity index is 0.000000515. The van der Waals surface area contributed by atoms with Crippen molar-refractivity contribution in [2.24, 2.45) is 5.16 Å². The van der Waals surface area contributed by atoms with Crippen LogP contribution >= 0.6 is 0 Å². The first-order valence-electron chi connectivity index (χ1n) is 5.93. The Hall–Kier alpha value is -1.85. The Bertz CT molecular complexity index is 598. The second-order valence-electron chi connectivity index (χ2n) is 3.95. The van der Waals surface area contributed by atoms with Crippen LogP contribution in [0.3, 0.4) is 0 Å². The fraction of sp³-hybridized carbons (Fsp3) is 0.417. The van der Waals surface area contributed by atoms with Gasteiger partial charge in [-0.3, -0.25) is 4.55 Å². The van der Waals surface area contributed by atoms with Crippen molar-refractivity contribution in [2.45, 2.75) is 6.18 Å². The largest absolute Gasteiger partial charge is 0.497 e. The highest BCUT2D eigenvalue weighted by Gasteiger charge is 2.37. The number of alkyl halides is 3. The third-order valence-corrected chi connectivity index (χ3v) is 2.96. The molecule has 1 aromatic rings. The lowest BCUT2D eigenvalue weighted by Crippen LogP contribution is -2.23. The summed E-state index contributed by atoms with van der Waals surface area (Å²) in [4.78, 5) is 0. The summed E-state index contributed by atoms with van der Waals surface area (Å²) < 4.78 is 73.7. The maximum atomic E-state index is 12.3. The Morgan fingerprint density at radius 3 is 2.00 bits per heavy atom. The molecule has 0 saturated heterocycles. The quantitative estimate of drug-likeness (QED) is 0.360. The van der Waals surface area contributed by atoms with Crippen LogP contribution in [0.2, 0.25) is 0 Å². The fourth-order valence-electron chi connectivity index (χ4n) is 1.22. The molecular formula is C12H16F3NO6S. The fourth-order valence-corrected chi connectivity index (χ4v) is 1.59. The summed E-state index contributed by atoms with van der Waals surface area (Å²) in [5, 5.41) is 10.5. The zero-order valence-corrected chi connectivity index (χ0v) is 13.1. The molecule has 0 bridgehead atoms. The van der Waals surface area contributed by atoms with E-state index in [2.05, 4.69) is 9.89 Å². The minimum atomic E-state index is -4.68. The third-order valence-electron chi connectivity index (χ3n) is 2.28. The topological polar surface area (TPSA) is 105 Å². The monoisotopic (exact) mass is 359 g/mol. The molecule has 23 heavy (non-hydrogen) atoms. The first kappa shape index (κ1) is 21.1. The van der Waals surface area contributed by atoms with Gasteiger partial charge in [-0.15, -0.1) is 0 Å². The Labute approximate surface area is 131 Å². The molecule has 2 N–H and O–H groups in total. The number of ether oxygens (including phenoxy) is 2. The summed E-state index contributed by atoms with van der Waals surface area (Å²) in [5.74, 6) is 0.0990. The van der Waals surface area contributed by atoms with Crippen molar-refractivity contribution in [3.8, 4) is 5.75 Å². The van der Waals surface area contributed by atoms with E-state index in [9.17, 15) is 21.6 Å². The van der Waals surface area contributed by atoms with Gasteiger partial charge in [0, 0.05) is 12.7 Å². The van der Waals surface area contributed by atoms with Gasteiger partial charge in [0.2, 0.25) is 0 Å². The summed E-state index contributed by atoms with van der Waals surface area (Å²) in [6.45, 7) is 0.0405. The van der Waals surface area contributed by atoms with Crippen LogP contribution < -0.4 is 4.74 Å². The van der Waals surface area contributed by atoms with Crippen molar-refractivity contribution in [3.63, 3.8) is 0 Å². The van der Waals surface area contributed by atoms with Crippen LogP contribution in [-0.2, 0) is 14.9 Å². The Kier molecular flexibility index (Phi) is 8.58. The van der Waals surface area contributed by atoms with Gasteiger partial charge in [0.15, 0.2) is 5.71 Å². The van der Waals surface area contributed by atoms with Crippen molar-refractivity contribution < 1.29 is 40.8 Å². The summed E-state index contributed by atoms with van der Waals surface area (Å²) in [6, 6.07) is 5.04. The van der Waals surface area contributed by atoms with E-state index >= 15 is 0 Å². The zero-order chi connectivity index (χ0) is 18.1. The summed E-state index contributed by atoms with van der Waals surface area (Å²) in [5.41, 5.74) is -1.55. The van der Waals surface area contributed by atoms with Crippen molar-refractivity contribution in [1.82, 2.24) is 0 Å². The molecule has 0 amide bonds. The molecule has 11 heteroatoms. The van der Waals surface area contributed by atoms with Gasteiger partial charge in [-0.1, -0.05) is 5.16 Å². The lowest BCUT2D eigenvalue weighted by atomic mass is 10.1. The summed E-state index contributed by atoms with van der Waals surface area (Å²) in [7, 11) is -1.04. The number of hydrogen-bond donors (Lipinski definition) is 2. The minimum Gasteiger partial charge on any atom is -0.497 e. The SMILES string of the molecule is COCCS(=O)(=O)O.COc1ccc(C(=NO)C(F)(F)F)cc1. The van der Waals surface area contributed by atoms with E-state index < -0.39 is 22.0 Å². The number of halogens is 3. The third kappa shape index (κ3) is 9.01. The molecule has 7 nitrogen and oxygen atoms in total. The molecule has 0 atom stereocenters. The van der Waals surface area contributed by atoms with E-state index in [1.807, 2.05) is 0 Å². The minimum absolute atomic E-state index is 0.0405. The van der Waals surface area contributed by atoms with Crippen molar-refractivity contribution >= 4 is 15.8 Å². The van der Waals surface area contributed by atoms with Gasteiger partial charge in [0.25, 0.3) is 10.1 Å². The van der Waals surface area contributed by atoms with Gasteiger partial charge >= 0.3 is 6.18 Å². The van der Waals surface area contributed by atoms with Crippen LogP contribution in [0.4, 0.5) is 13.2 Å². The standard InChI is InChI=1S/C9H8F3NO2.C3H8O4S/c1-15-7-4-2-6(3-5-7)8(13-14)9(10,11)12;1-7-2-3-8(4,5)6/h2-5,14H,1H3;2-3H2,1H3,(H,4,5,6). The van der Waals surface area contributed by atoms with Crippen LogP contribution in [0, 0.1) is 0 Å². The average molecular weight is 359 g/mol. The molecule has 0 aliphatic carbocycles. The molecule has 0 heterocycles. The van der Waals surface area contributed by atoms with Crippen LogP contribution in [0.1, 0.15) is 5.56 Å². The molecule has 1 aromatic carbocycles. The number of oxime groups is 1. The molecule has 0 aliphatic heterocycles.